The summed E-state index contributed by atoms with van der Waals surface area (Å²) in [6.07, 6.45) is 0. The van der Waals surface area contributed by atoms with Crippen LogP contribution in [0.15, 0.2) is 17.5 Å². The quantitative estimate of drug-likeness (QED) is 0.872. The Morgan fingerprint density at radius 1 is 1.35 bits per heavy atom. The Hall–Kier alpha value is -0.770. The average Bonchev–Trinajstić information content (AvgIpc) is 2.69. The van der Waals surface area contributed by atoms with Gasteiger partial charge < -0.3 is 5.32 Å². The van der Waals surface area contributed by atoms with Crippen molar-refractivity contribution < 1.29 is 0 Å². The Labute approximate surface area is 115 Å². The zero-order valence-corrected chi connectivity index (χ0v) is 11.9. The summed E-state index contributed by atoms with van der Waals surface area (Å²) in [5.41, 5.74) is 1.97. The second kappa shape index (κ2) is 5.25. The molecule has 2 aromatic rings. The average molecular weight is 287 g/mol. The molecule has 0 spiro atoms. The number of hydrogen-bond donors (Lipinski definition) is 1. The molecule has 0 aliphatic heterocycles. The molecule has 5 heteroatoms. The predicted molar refractivity (Wildman–Crippen MR) is 76.5 cm³/mol. The van der Waals surface area contributed by atoms with E-state index >= 15 is 0 Å². The maximum atomic E-state index is 6.20. The summed E-state index contributed by atoms with van der Waals surface area (Å²) in [5.74, 6) is 0.682. The number of pyridine rings is 1. The van der Waals surface area contributed by atoms with E-state index in [4.69, 9.17) is 23.2 Å². The number of aromatic nitrogens is 1. The highest BCUT2D eigenvalue weighted by molar-refractivity contribution is 7.13. The summed E-state index contributed by atoms with van der Waals surface area (Å²) in [7, 11) is 0. The van der Waals surface area contributed by atoms with Gasteiger partial charge in [0.05, 0.1) is 14.9 Å². The standard InChI is InChI=1S/C12H12Cl2N2S/c1-3-15-12-9(14)6-8(13)10(16-12)11-7(2)4-5-17-11/h4-6H,3H2,1-2H3,(H,15,16). The summed E-state index contributed by atoms with van der Waals surface area (Å²) in [5, 5.41) is 6.30. The normalized spacial score (nSPS) is 10.6. The molecule has 0 unspecified atom stereocenters. The summed E-state index contributed by atoms with van der Waals surface area (Å²) in [4.78, 5) is 5.59. The second-order valence-electron chi connectivity index (χ2n) is 3.61. The van der Waals surface area contributed by atoms with Gasteiger partial charge >= 0.3 is 0 Å². The topological polar surface area (TPSA) is 24.9 Å². The van der Waals surface area contributed by atoms with E-state index in [1.54, 1.807) is 17.4 Å². The van der Waals surface area contributed by atoms with E-state index in [1.807, 2.05) is 19.2 Å². The van der Waals surface area contributed by atoms with E-state index in [0.29, 0.717) is 15.9 Å². The van der Waals surface area contributed by atoms with Crippen LogP contribution in [0, 0.1) is 6.92 Å². The van der Waals surface area contributed by atoms with Crippen LogP contribution in [0.25, 0.3) is 10.6 Å². The molecule has 0 aliphatic carbocycles. The lowest BCUT2D eigenvalue weighted by molar-refractivity contribution is 1.16. The van der Waals surface area contributed by atoms with E-state index in [1.165, 1.54) is 5.56 Å². The third-order valence-electron chi connectivity index (χ3n) is 2.35. The Kier molecular flexibility index (Phi) is 3.92. The predicted octanol–water partition coefficient (Wildman–Crippen LogP) is 4.86. The zero-order valence-electron chi connectivity index (χ0n) is 9.55. The Morgan fingerprint density at radius 3 is 2.71 bits per heavy atom. The van der Waals surface area contributed by atoms with Crippen molar-refractivity contribution in [3.05, 3.63) is 33.1 Å². The van der Waals surface area contributed by atoms with Gasteiger partial charge in [-0.15, -0.1) is 11.3 Å². The molecular weight excluding hydrogens is 275 g/mol. The van der Waals surface area contributed by atoms with Crippen molar-refractivity contribution in [2.24, 2.45) is 0 Å². The summed E-state index contributed by atoms with van der Waals surface area (Å²) in [6.45, 7) is 4.82. The number of rotatable bonds is 3. The molecule has 0 aliphatic rings. The second-order valence-corrected chi connectivity index (χ2v) is 5.34. The van der Waals surface area contributed by atoms with Crippen molar-refractivity contribution in [1.82, 2.24) is 4.98 Å². The molecule has 2 rings (SSSR count). The molecule has 0 amide bonds. The van der Waals surface area contributed by atoms with Crippen LogP contribution in [0.2, 0.25) is 10.0 Å². The van der Waals surface area contributed by atoms with Gasteiger partial charge in [0, 0.05) is 6.54 Å². The maximum absolute atomic E-state index is 6.20. The fourth-order valence-electron chi connectivity index (χ4n) is 1.53. The van der Waals surface area contributed by atoms with Crippen LogP contribution in [-0.4, -0.2) is 11.5 Å². The molecule has 17 heavy (non-hydrogen) atoms. The molecule has 0 saturated heterocycles. The number of nitrogens with zero attached hydrogens (tertiary/aromatic N) is 1. The maximum Gasteiger partial charge on any atom is 0.145 e. The monoisotopic (exact) mass is 286 g/mol. The third-order valence-corrected chi connectivity index (χ3v) is 3.95. The lowest BCUT2D eigenvalue weighted by Gasteiger charge is -2.09. The van der Waals surface area contributed by atoms with Crippen molar-refractivity contribution in [2.45, 2.75) is 13.8 Å². The smallest absolute Gasteiger partial charge is 0.145 e. The fourth-order valence-corrected chi connectivity index (χ4v) is 3.04. The van der Waals surface area contributed by atoms with E-state index in [0.717, 1.165) is 17.1 Å². The molecule has 90 valence electrons. The van der Waals surface area contributed by atoms with E-state index < -0.39 is 0 Å². The molecule has 0 atom stereocenters. The Balaban J connectivity index is 2.54. The minimum Gasteiger partial charge on any atom is -0.369 e. The summed E-state index contributed by atoms with van der Waals surface area (Å²) < 4.78 is 0. The molecule has 2 heterocycles. The molecule has 1 N–H and O–H groups in total. The van der Waals surface area contributed by atoms with E-state index in [-0.39, 0.29) is 0 Å². The SMILES string of the molecule is CCNc1nc(-c2sccc2C)c(Cl)cc1Cl. The number of hydrogen-bond acceptors (Lipinski definition) is 3. The molecule has 0 aromatic carbocycles. The number of aryl methyl sites for hydroxylation is 1. The van der Waals surface area contributed by atoms with Crippen LogP contribution in [0.4, 0.5) is 5.82 Å². The molecule has 2 nitrogen and oxygen atoms in total. The van der Waals surface area contributed by atoms with Crippen LogP contribution in [0.5, 0.6) is 0 Å². The third kappa shape index (κ3) is 2.57. The molecule has 0 bridgehead atoms. The van der Waals surface area contributed by atoms with Crippen LogP contribution in [0.1, 0.15) is 12.5 Å². The van der Waals surface area contributed by atoms with Gasteiger partial charge in [-0.05, 0) is 36.9 Å². The van der Waals surface area contributed by atoms with Crippen molar-refractivity contribution in [3.8, 4) is 10.6 Å². The minimum absolute atomic E-state index is 0.551. The lowest BCUT2D eigenvalue weighted by Crippen LogP contribution is -2.01. The van der Waals surface area contributed by atoms with Gasteiger partial charge in [0.25, 0.3) is 0 Å². The van der Waals surface area contributed by atoms with Crippen molar-refractivity contribution in [2.75, 3.05) is 11.9 Å². The zero-order chi connectivity index (χ0) is 12.4. The van der Waals surface area contributed by atoms with Crippen molar-refractivity contribution in [1.29, 1.82) is 0 Å². The van der Waals surface area contributed by atoms with E-state index in [9.17, 15) is 0 Å². The Morgan fingerprint density at radius 2 is 2.12 bits per heavy atom. The highest BCUT2D eigenvalue weighted by Crippen LogP contribution is 2.36. The van der Waals surface area contributed by atoms with Gasteiger partial charge in [0.2, 0.25) is 0 Å². The van der Waals surface area contributed by atoms with Gasteiger partial charge in [-0.25, -0.2) is 4.98 Å². The highest BCUT2D eigenvalue weighted by Gasteiger charge is 2.13. The Bertz CT molecular complexity index is 537. The number of thiophene rings is 1. The van der Waals surface area contributed by atoms with Crippen molar-refractivity contribution >= 4 is 40.4 Å². The fraction of sp³-hybridized carbons (Fsp3) is 0.250. The van der Waals surface area contributed by atoms with Crippen LogP contribution in [0.3, 0.4) is 0 Å². The van der Waals surface area contributed by atoms with Gasteiger partial charge in [-0.1, -0.05) is 23.2 Å². The first-order chi connectivity index (χ1) is 8.13. The van der Waals surface area contributed by atoms with Crippen LogP contribution in [-0.2, 0) is 0 Å². The largest absolute Gasteiger partial charge is 0.369 e. The lowest BCUT2D eigenvalue weighted by atomic mass is 10.2. The van der Waals surface area contributed by atoms with Gasteiger partial charge in [-0.2, -0.15) is 0 Å². The van der Waals surface area contributed by atoms with Crippen molar-refractivity contribution in [3.63, 3.8) is 0 Å². The van der Waals surface area contributed by atoms with E-state index in [2.05, 4.69) is 16.4 Å². The molecular formula is C12H12Cl2N2S. The number of anilines is 1. The number of nitrogens with one attached hydrogen (secondary N) is 1. The minimum atomic E-state index is 0.551. The number of halogens is 2. The molecule has 0 fully saturated rings. The highest BCUT2D eigenvalue weighted by atomic mass is 35.5. The first-order valence-electron chi connectivity index (χ1n) is 5.28. The summed E-state index contributed by atoms with van der Waals surface area (Å²) >= 11 is 13.9. The molecule has 2 aromatic heterocycles. The summed E-state index contributed by atoms with van der Waals surface area (Å²) in [6, 6.07) is 3.79. The van der Waals surface area contributed by atoms with Gasteiger partial charge in [-0.3, -0.25) is 0 Å². The van der Waals surface area contributed by atoms with Crippen LogP contribution >= 0.6 is 34.5 Å². The first-order valence-corrected chi connectivity index (χ1v) is 6.91. The molecule has 0 saturated carbocycles. The van der Waals surface area contributed by atoms with Crippen LogP contribution < -0.4 is 5.32 Å². The first kappa shape index (κ1) is 12.7. The molecule has 0 radical (unpaired) electrons. The van der Waals surface area contributed by atoms with Gasteiger partial charge in [0.15, 0.2) is 0 Å². The van der Waals surface area contributed by atoms with Gasteiger partial charge in [0.1, 0.15) is 11.5 Å².